The fourth-order valence-corrected chi connectivity index (χ4v) is 8.26. The van der Waals surface area contributed by atoms with Crippen molar-refractivity contribution in [2.24, 2.45) is 5.92 Å². The number of nitrogens with two attached hydrogens (primary N) is 1. The zero-order chi connectivity index (χ0) is 31.5. The number of benzene rings is 1. The molecule has 6 rings (SSSR count). The van der Waals surface area contributed by atoms with Gasteiger partial charge in [-0.3, -0.25) is 14.5 Å². The summed E-state index contributed by atoms with van der Waals surface area (Å²) in [5, 5.41) is 10.8. The van der Waals surface area contributed by atoms with Crippen LogP contribution in [0.5, 0.6) is 0 Å². The van der Waals surface area contributed by atoms with Gasteiger partial charge >= 0.3 is 6.03 Å². The maximum Gasteiger partial charge on any atom is 0.322 e. The third-order valence-corrected chi connectivity index (χ3v) is 11.0. The Morgan fingerprint density at radius 1 is 1.02 bits per heavy atom. The molecule has 4 aliphatic rings. The molecular weight excluding hydrogens is 610 g/mol. The minimum absolute atomic E-state index is 0.00467. The van der Waals surface area contributed by atoms with Crippen molar-refractivity contribution in [3.63, 3.8) is 0 Å². The van der Waals surface area contributed by atoms with Crippen molar-refractivity contribution in [2.45, 2.75) is 57.2 Å². The van der Waals surface area contributed by atoms with E-state index >= 15 is 0 Å². The van der Waals surface area contributed by atoms with E-state index in [1.807, 2.05) is 20.1 Å². The number of urea groups is 1. The van der Waals surface area contributed by atoms with Gasteiger partial charge in [0.15, 0.2) is 0 Å². The highest BCUT2D eigenvalue weighted by Gasteiger charge is 2.36. The van der Waals surface area contributed by atoms with E-state index in [9.17, 15) is 14.4 Å². The van der Waals surface area contributed by atoms with E-state index in [2.05, 4.69) is 26.8 Å². The van der Waals surface area contributed by atoms with Gasteiger partial charge in [0.25, 0.3) is 0 Å². The molecular formula is C33H42ClN7O3S. The molecule has 1 aromatic heterocycles. The number of carbonyl (C=O) groups excluding carboxylic acids is 3. The second kappa shape index (κ2) is 14.0. The van der Waals surface area contributed by atoms with Crippen LogP contribution < -0.4 is 16.4 Å². The summed E-state index contributed by atoms with van der Waals surface area (Å²) >= 11 is 7.99. The Hall–Kier alpha value is -3.30. The summed E-state index contributed by atoms with van der Waals surface area (Å²) in [4.78, 5) is 48.8. The number of rotatable bonds is 7. The molecule has 0 unspecified atom stereocenters. The van der Waals surface area contributed by atoms with Crippen LogP contribution in [0.2, 0.25) is 5.02 Å². The quantitative estimate of drug-likeness (QED) is 0.312. The summed E-state index contributed by atoms with van der Waals surface area (Å²) < 4.78 is 0. The molecule has 3 fully saturated rings. The van der Waals surface area contributed by atoms with E-state index in [0.29, 0.717) is 74.3 Å². The molecule has 5 heterocycles. The Morgan fingerprint density at radius 2 is 1.76 bits per heavy atom. The number of nitrogens with one attached hydrogen (secondary N) is 2. The number of piperazine rings is 1. The van der Waals surface area contributed by atoms with Crippen molar-refractivity contribution in [1.82, 2.24) is 24.9 Å². The molecule has 0 saturated carbocycles. The Labute approximate surface area is 274 Å². The highest BCUT2D eigenvalue weighted by atomic mass is 35.5. The van der Waals surface area contributed by atoms with Crippen LogP contribution in [0, 0.1) is 18.3 Å². The molecule has 3 saturated heterocycles. The number of hydrogen-bond donors (Lipinski definition) is 3. The monoisotopic (exact) mass is 651 g/mol. The summed E-state index contributed by atoms with van der Waals surface area (Å²) in [5.74, 6) is 2.00. The maximum atomic E-state index is 14.1. The number of nitrogen functional groups attached to an aromatic ring is 1. The van der Waals surface area contributed by atoms with Crippen LogP contribution >= 0.6 is 22.9 Å². The fourth-order valence-electron chi connectivity index (χ4n) is 7.24. The van der Waals surface area contributed by atoms with Crippen molar-refractivity contribution >= 4 is 52.2 Å². The number of halogens is 1. The van der Waals surface area contributed by atoms with Crippen LogP contribution in [-0.4, -0.2) is 102 Å². The number of carbonyl (C=O) groups is 3. The number of nitrogens with zero attached hydrogens (tertiary/aromatic N) is 4. The van der Waals surface area contributed by atoms with E-state index in [1.54, 1.807) is 23.5 Å². The first-order chi connectivity index (χ1) is 21.8. The fraction of sp³-hybridized carbons (Fsp3) is 0.545. The first-order valence-corrected chi connectivity index (χ1v) is 17.3. The topological polar surface area (TPSA) is 114 Å². The number of piperidine rings is 2. The van der Waals surface area contributed by atoms with E-state index in [4.69, 9.17) is 23.8 Å². The van der Waals surface area contributed by atoms with Gasteiger partial charge in [0.2, 0.25) is 11.8 Å². The van der Waals surface area contributed by atoms with Gasteiger partial charge in [-0.25, -0.2) is 4.79 Å². The predicted molar refractivity (Wildman–Crippen MR) is 178 cm³/mol. The standard InChI is InChI=1S/C33H42ClN7O3S/c1-2-23-15-22(17-28(34)31(23)35)16-24(32(43)40-13-11-38(12-14-40)26-3-7-36-8-4-26)18-30(42)39-9-5-27(6-10-39)41-19-25-20-45-21-29(25)37-33(41)44/h1,15,17,20-21,24,26-27,36H,3-14,16,18-19,35H2,(H,37,44)/t24-/m0/s1. The van der Waals surface area contributed by atoms with Gasteiger partial charge in [-0.15, -0.1) is 17.8 Å². The van der Waals surface area contributed by atoms with Gasteiger partial charge in [0.1, 0.15) is 0 Å². The van der Waals surface area contributed by atoms with Crippen LogP contribution in [0.25, 0.3) is 0 Å². The van der Waals surface area contributed by atoms with E-state index in [0.717, 1.165) is 55.8 Å². The minimum Gasteiger partial charge on any atom is -0.397 e. The van der Waals surface area contributed by atoms with Crippen LogP contribution in [0.15, 0.2) is 22.9 Å². The van der Waals surface area contributed by atoms with Crippen molar-refractivity contribution in [1.29, 1.82) is 0 Å². The molecule has 0 bridgehead atoms. The lowest BCUT2D eigenvalue weighted by atomic mass is 9.92. The summed E-state index contributed by atoms with van der Waals surface area (Å²) in [6.45, 7) is 6.76. The van der Waals surface area contributed by atoms with Crippen LogP contribution in [0.4, 0.5) is 16.2 Å². The SMILES string of the molecule is C#Cc1cc(C[C@@H](CC(=O)N2CCC(N3Cc4cscc4NC3=O)CC2)C(=O)N2CCN(C3CCNCC3)CC2)cc(Cl)c1N. The predicted octanol–water partition coefficient (Wildman–Crippen LogP) is 3.45. The zero-order valence-electron chi connectivity index (χ0n) is 25.6. The molecule has 4 N–H and O–H groups in total. The van der Waals surface area contributed by atoms with Gasteiger partial charge in [-0.2, -0.15) is 0 Å². The zero-order valence-corrected chi connectivity index (χ0v) is 27.2. The number of fused-ring (bicyclic) bond motifs is 1. The molecule has 4 amide bonds. The van der Waals surface area contributed by atoms with Gasteiger partial charge in [-0.1, -0.05) is 17.5 Å². The van der Waals surface area contributed by atoms with Crippen molar-refractivity contribution in [3.8, 4) is 12.3 Å². The first-order valence-electron chi connectivity index (χ1n) is 16.0. The number of terminal acetylenes is 1. The molecule has 0 radical (unpaired) electrons. The third-order valence-electron chi connectivity index (χ3n) is 9.89. The molecule has 2 aromatic rings. The van der Waals surface area contributed by atoms with E-state index in [-0.39, 0.29) is 30.3 Å². The molecule has 240 valence electrons. The highest BCUT2D eigenvalue weighted by Crippen LogP contribution is 2.31. The Bertz CT molecular complexity index is 1450. The van der Waals surface area contributed by atoms with Gasteiger partial charge in [0.05, 0.1) is 28.9 Å². The van der Waals surface area contributed by atoms with Gasteiger partial charge < -0.3 is 31.1 Å². The summed E-state index contributed by atoms with van der Waals surface area (Å²) in [7, 11) is 0. The normalized spacial score (nSPS) is 20.8. The number of thiophene rings is 1. The second-order valence-electron chi connectivity index (χ2n) is 12.6. The first kappa shape index (κ1) is 31.7. The summed E-state index contributed by atoms with van der Waals surface area (Å²) in [5.41, 5.74) is 9.72. The third kappa shape index (κ3) is 7.09. The van der Waals surface area contributed by atoms with E-state index < -0.39 is 5.92 Å². The molecule has 1 atom stereocenters. The molecule has 45 heavy (non-hydrogen) atoms. The Kier molecular flexibility index (Phi) is 9.85. The van der Waals surface area contributed by atoms with Crippen LogP contribution in [-0.2, 0) is 22.6 Å². The number of likely N-dealkylation sites (tertiary alicyclic amines) is 1. The smallest absolute Gasteiger partial charge is 0.322 e. The second-order valence-corrected chi connectivity index (χ2v) is 13.8. The molecule has 12 heteroatoms. The van der Waals surface area contributed by atoms with Crippen molar-refractivity contribution < 1.29 is 14.4 Å². The largest absolute Gasteiger partial charge is 0.397 e. The van der Waals surface area contributed by atoms with Crippen molar-refractivity contribution in [3.05, 3.63) is 44.6 Å². The lowest BCUT2D eigenvalue weighted by Crippen LogP contribution is -2.55. The number of anilines is 2. The molecule has 0 aliphatic carbocycles. The average molecular weight is 652 g/mol. The molecule has 10 nitrogen and oxygen atoms in total. The van der Waals surface area contributed by atoms with Crippen LogP contribution in [0.3, 0.4) is 0 Å². The lowest BCUT2D eigenvalue weighted by molar-refractivity contribution is -0.143. The number of amides is 4. The van der Waals surface area contributed by atoms with Crippen molar-refractivity contribution in [2.75, 3.05) is 63.4 Å². The maximum absolute atomic E-state index is 14.1. The van der Waals surface area contributed by atoms with Gasteiger partial charge in [-0.05, 0) is 68.3 Å². The van der Waals surface area contributed by atoms with E-state index in [1.165, 1.54) is 0 Å². The number of hydrogen-bond acceptors (Lipinski definition) is 7. The molecule has 1 aromatic carbocycles. The summed E-state index contributed by atoms with van der Waals surface area (Å²) in [6, 6.07) is 4.10. The lowest BCUT2D eigenvalue weighted by Gasteiger charge is -2.42. The Balaban J connectivity index is 1.11. The molecule has 0 spiro atoms. The minimum atomic E-state index is -0.546. The Morgan fingerprint density at radius 3 is 2.47 bits per heavy atom. The van der Waals surface area contributed by atoms with Gasteiger partial charge in [0, 0.05) is 74.3 Å². The van der Waals surface area contributed by atoms with Crippen LogP contribution in [0.1, 0.15) is 48.8 Å². The molecule has 4 aliphatic heterocycles. The summed E-state index contributed by atoms with van der Waals surface area (Å²) in [6.07, 6.45) is 9.81. The highest BCUT2D eigenvalue weighted by molar-refractivity contribution is 7.08. The average Bonchev–Trinajstić information content (AvgIpc) is 3.53.